The number of benzene rings is 2. The number of nitrogens with zero attached hydrogens (tertiary/aromatic N) is 2. The minimum Gasteiger partial charge on any atom is -0.478 e. The number of amides is 2. The van der Waals surface area contributed by atoms with Crippen LogP contribution in [-0.4, -0.2) is 75.1 Å². The number of aromatic carboxylic acids is 1. The van der Waals surface area contributed by atoms with Gasteiger partial charge in [-0.05, 0) is 86.4 Å². The quantitative estimate of drug-likeness (QED) is 0.360. The van der Waals surface area contributed by atoms with Gasteiger partial charge in [-0.1, -0.05) is 44.7 Å². The number of carbonyl (C=O) groups is 3. The maximum atomic E-state index is 13.8. The molecule has 2 aromatic carbocycles. The summed E-state index contributed by atoms with van der Waals surface area (Å²) in [6.07, 6.45) is 7.15. The Balaban J connectivity index is 1.20. The van der Waals surface area contributed by atoms with Crippen LogP contribution in [0, 0.1) is 12.8 Å². The molecule has 3 aliphatic rings. The van der Waals surface area contributed by atoms with E-state index >= 15 is 0 Å². The SMILES string of the molecule is CCCCN1C(=O)[C@@H]([C@H](O)C2CCCCC2)NC(=O)C12CCN(Cc1ccc(Oc3ccc(C(=O)O)c(C)c3)cc1)CC2. The molecule has 2 atom stereocenters. The number of piperidine rings is 1. The Hall–Kier alpha value is -3.43. The molecule has 0 bridgehead atoms. The first-order valence-corrected chi connectivity index (χ1v) is 15.9. The van der Waals surface area contributed by atoms with Gasteiger partial charge in [-0.2, -0.15) is 0 Å². The lowest BCUT2D eigenvalue weighted by Gasteiger charge is -2.52. The number of aryl methyl sites for hydroxylation is 1. The van der Waals surface area contributed by atoms with Gasteiger partial charge in [-0.3, -0.25) is 14.5 Å². The van der Waals surface area contributed by atoms with E-state index in [-0.39, 0.29) is 23.3 Å². The van der Waals surface area contributed by atoms with Crippen LogP contribution < -0.4 is 10.1 Å². The van der Waals surface area contributed by atoms with Crippen LogP contribution in [0.25, 0.3) is 0 Å². The van der Waals surface area contributed by atoms with Crippen molar-refractivity contribution in [2.75, 3.05) is 19.6 Å². The number of aliphatic hydroxyl groups excluding tert-OH is 1. The zero-order chi connectivity index (χ0) is 30.6. The van der Waals surface area contributed by atoms with E-state index in [1.165, 1.54) is 6.42 Å². The lowest BCUT2D eigenvalue weighted by molar-refractivity contribution is -0.166. The zero-order valence-corrected chi connectivity index (χ0v) is 25.4. The molecule has 9 nitrogen and oxygen atoms in total. The van der Waals surface area contributed by atoms with Gasteiger partial charge in [0.25, 0.3) is 0 Å². The summed E-state index contributed by atoms with van der Waals surface area (Å²) >= 11 is 0. The maximum Gasteiger partial charge on any atom is 0.335 e. The summed E-state index contributed by atoms with van der Waals surface area (Å²) in [5, 5.41) is 23.4. The molecule has 0 unspecified atom stereocenters. The van der Waals surface area contributed by atoms with Crippen molar-refractivity contribution in [3.8, 4) is 11.5 Å². The van der Waals surface area contributed by atoms with Crippen LogP contribution >= 0.6 is 0 Å². The molecule has 43 heavy (non-hydrogen) atoms. The third-order valence-corrected chi connectivity index (χ3v) is 9.64. The molecule has 1 aliphatic carbocycles. The Kier molecular flexibility index (Phi) is 9.72. The van der Waals surface area contributed by atoms with Gasteiger partial charge in [-0.25, -0.2) is 4.79 Å². The van der Waals surface area contributed by atoms with Crippen LogP contribution in [0.5, 0.6) is 11.5 Å². The minimum absolute atomic E-state index is 0.0605. The van der Waals surface area contributed by atoms with Gasteiger partial charge in [0.05, 0.1) is 11.7 Å². The summed E-state index contributed by atoms with van der Waals surface area (Å²) in [5.74, 6) is 0.110. The summed E-state index contributed by atoms with van der Waals surface area (Å²) < 4.78 is 5.94. The van der Waals surface area contributed by atoms with Crippen molar-refractivity contribution in [3.63, 3.8) is 0 Å². The first kappa shape index (κ1) is 31.0. The Morgan fingerprint density at radius 1 is 1.05 bits per heavy atom. The molecule has 5 rings (SSSR count). The third-order valence-electron chi connectivity index (χ3n) is 9.64. The highest BCUT2D eigenvalue weighted by Gasteiger charge is 2.55. The summed E-state index contributed by atoms with van der Waals surface area (Å²) in [6, 6.07) is 11.9. The highest BCUT2D eigenvalue weighted by Crippen LogP contribution is 2.36. The Bertz CT molecular complexity index is 1300. The zero-order valence-electron chi connectivity index (χ0n) is 25.4. The van der Waals surface area contributed by atoms with Crippen molar-refractivity contribution in [3.05, 3.63) is 59.2 Å². The van der Waals surface area contributed by atoms with Crippen molar-refractivity contribution >= 4 is 17.8 Å². The number of likely N-dealkylation sites (tertiary alicyclic amines) is 1. The van der Waals surface area contributed by atoms with Gasteiger partial charge in [0.2, 0.25) is 11.8 Å². The molecule has 3 fully saturated rings. The molecule has 2 heterocycles. The smallest absolute Gasteiger partial charge is 0.335 e. The number of unbranched alkanes of at least 4 members (excludes halogenated alkanes) is 1. The summed E-state index contributed by atoms with van der Waals surface area (Å²) in [4.78, 5) is 43.0. The number of hydrogen-bond donors (Lipinski definition) is 3. The normalized spacial score (nSPS) is 21.9. The van der Waals surface area contributed by atoms with Crippen LogP contribution in [-0.2, 0) is 16.1 Å². The average Bonchev–Trinajstić information content (AvgIpc) is 3.01. The Labute approximate surface area is 254 Å². The highest BCUT2D eigenvalue weighted by atomic mass is 16.5. The molecule has 2 aliphatic heterocycles. The molecule has 1 spiro atoms. The van der Waals surface area contributed by atoms with Gasteiger partial charge < -0.3 is 25.2 Å². The predicted molar refractivity (Wildman–Crippen MR) is 163 cm³/mol. The number of carboxylic acid groups (broad SMARTS) is 1. The summed E-state index contributed by atoms with van der Waals surface area (Å²) in [6.45, 7) is 6.47. The largest absolute Gasteiger partial charge is 0.478 e. The lowest BCUT2D eigenvalue weighted by Crippen LogP contribution is -2.75. The number of piperazine rings is 1. The van der Waals surface area contributed by atoms with Crippen molar-refractivity contribution in [2.45, 2.75) is 95.9 Å². The van der Waals surface area contributed by atoms with E-state index in [0.717, 1.165) is 50.6 Å². The van der Waals surface area contributed by atoms with E-state index in [1.807, 2.05) is 29.2 Å². The number of carboxylic acids is 1. The number of aliphatic hydroxyl groups is 1. The summed E-state index contributed by atoms with van der Waals surface area (Å²) in [5.41, 5.74) is 1.15. The van der Waals surface area contributed by atoms with Crippen LogP contribution in [0.15, 0.2) is 42.5 Å². The molecular formula is C34H45N3O6. The van der Waals surface area contributed by atoms with E-state index < -0.39 is 23.7 Å². The van der Waals surface area contributed by atoms with E-state index in [2.05, 4.69) is 17.1 Å². The molecule has 2 amide bonds. The van der Waals surface area contributed by atoms with Gasteiger partial charge in [-0.15, -0.1) is 0 Å². The molecule has 0 radical (unpaired) electrons. The van der Waals surface area contributed by atoms with Crippen molar-refractivity contribution in [1.82, 2.24) is 15.1 Å². The molecule has 9 heteroatoms. The monoisotopic (exact) mass is 591 g/mol. The third kappa shape index (κ3) is 6.73. The highest BCUT2D eigenvalue weighted by molar-refractivity contribution is 6.00. The van der Waals surface area contributed by atoms with E-state index in [4.69, 9.17) is 4.74 Å². The molecule has 0 aromatic heterocycles. The van der Waals surface area contributed by atoms with Gasteiger partial charge in [0, 0.05) is 26.2 Å². The molecule has 3 N–H and O–H groups in total. The maximum absolute atomic E-state index is 13.8. The second kappa shape index (κ2) is 13.5. The molecule has 2 saturated heterocycles. The van der Waals surface area contributed by atoms with E-state index in [1.54, 1.807) is 25.1 Å². The standard InChI is InChI=1S/C34H45N3O6/c1-3-4-18-37-31(39)29(30(38)25-8-6-5-7-9-25)35-33(42)34(37)16-19-36(20-17-34)22-24-10-12-26(13-11-24)43-27-14-15-28(32(40)41)23(2)21-27/h10-15,21,25,29-30,38H,3-9,16-20,22H2,1-2H3,(H,35,42)(H,40,41)/t29-,30-/m1/s1. The minimum atomic E-state index is -0.959. The van der Waals surface area contributed by atoms with Crippen LogP contribution in [0.3, 0.4) is 0 Å². The number of ether oxygens (including phenoxy) is 1. The van der Waals surface area contributed by atoms with E-state index in [0.29, 0.717) is 49.5 Å². The van der Waals surface area contributed by atoms with Gasteiger partial charge in [0.1, 0.15) is 23.1 Å². The fourth-order valence-electron chi connectivity index (χ4n) is 7.03. The van der Waals surface area contributed by atoms with Crippen molar-refractivity contribution < 1.29 is 29.3 Å². The van der Waals surface area contributed by atoms with E-state index in [9.17, 15) is 24.6 Å². The van der Waals surface area contributed by atoms with Crippen LogP contribution in [0.2, 0.25) is 0 Å². The number of hydrogen-bond acceptors (Lipinski definition) is 6. The Morgan fingerprint density at radius 3 is 2.35 bits per heavy atom. The Morgan fingerprint density at radius 2 is 1.72 bits per heavy atom. The topological polar surface area (TPSA) is 119 Å². The molecular weight excluding hydrogens is 546 g/mol. The van der Waals surface area contributed by atoms with Crippen LogP contribution in [0.1, 0.15) is 86.2 Å². The first-order chi connectivity index (χ1) is 20.7. The molecule has 1 saturated carbocycles. The first-order valence-electron chi connectivity index (χ1n) is 15.9. The van der Waals surface area contributed by atoms with Crippen molar-refractivity contribution in [2.24, 2.45) is 5.92 Å². The second-order valence-electron chi connectivity index (χ2n) is 12.5. The van der Waals surface area contributed by atoms with Gasteiger partial charge in [0.15, 0.2) is 0 Å². The fourth-order valence-corrected chi connectivity index (χ4v) is 7.03. The second-order valence-corrected chi connectivity index (χ2v) is 12.5. The number of nitrogens with one attached hydrogen (secondary N) is 1. The number of rotatable bonds is 10. The molecule has 2 aromatic rings. The lowest BCUT2D eigenvalue weighted by atomic mass is 9.78. The van der Waals surface area contributed by atoms with Crippen molar-refractivity contribution in [1.29, 1.82) is 0 Å². The number of carbonyl (C=O) groups excluding carboxylic acids is 2. The predicted octanol–water partition coefficient (Wildman–Crippen LogP) is 4.89. The van der Waals surface area contributed by atoms with Gasteiger partial charge >= 0.3 is 5.97 Å². The molecule has 232 valence electrons. The van der Waals surface area contributed by atoms with Crippen LogP contribution in [0.4, 0.5) is 0 Å². The summed E-state index contributed by atoms with van der Waals surface area (Å²) in [7, 11) is 0. The fraction of sp³-hybridized carbons (Fsp3) is 0.559. The average molecular weight is 592 g/mol.